The summed E-state index contributed by atoms with van der Waals surface area (Å²) in [7, 11) is 0. The van der Waals surface area contributed by atoms with Gasteiger partial charge in [-0.2, -0.15) is 0 Å². The highest BCUT2D eigenvalue weighted by molar-refractivity contribution is 6.43. The molecule has 1 amide bonds. The first-order chi connectivity index (χ1) is 12.0. The lowest BCUT2D eigenvalue weighted by Crippen LogP contribution is -2.50. The van der Waals surface area contributed by atoms with Gasteiger partial charge in [0.25, 0.3) is 0 Å². The minimum atomic E-state index is -0.247. The fourth-order valence-corrected chi connectivity index (χ4v) is 3.16. The fraction of sp³-hybridized carbons (Fsp3) is 0.278. The van der Waals surface area contributed by atoms with E-state index in [0.717, 1.165) is 18.8 Å². The Morgan fingerprint density at radius 2 is 1.72 bits per heavy atom. The van der Waals surface area contributed by atoms with Crippen molar-refractivity contribution in [3.8, 4) is 0 Å². The molecule has 4 nitrogen and oxygen atoms in total. The Hall–Kier alpha value is -1.98. The van der Waals surface area contributed by atoms with E-state index in [4.69, 9.17) is 23.2 Å². The van der Waals surface area contributed by atoms with Gasteiger partial charge in [-0.15, -0.1) is 0 Å². The molecule has 1 aliphatic rings. The molecule has 1 N–H and O–H groups in total. The van der Waals surface area contributed by atoms with E-state index >= 15 is 0 Å². The molecule has 0 unspecified atom stereocenters. The zero-order valence-corrected chi connectivity index (χ0v) is 15.0. The Bertz CT molecular complexity index is 746. The van der Waals surface area contributed by atoms with Gasteiger partial charge in [0.15, 0.2) is 0 Å². The molecule has 3 rings (SSSR count). The highest BCUT2D eigenvalue weighted by atomic mass is 35.5. The van der Waals surface area contributed by atoms with E-state index in [2.05, 4.69) is 10.2 Å². The number of anilines is 2. The molecular formula is C18H18Cl2FN3O. The Labute approximate surface area is 156 Å². The lowest BCUT2D eigenvalue weighted by Gasteiger charge is -2.36. The van der Waals surface area contributed by atoms with Crippen LogP contribution in [-0.2, 0) is 4.79 Å². The molecule has 0 bridgehead atoms. The van der Waals surface area contributed by atoms with Crippen molar-refractivity contribution in [1.82, 2.24) is 4.90 Å². The largest absolute Gasteiger partial charge is 0.375 e. The Morgan fingerprint density at radius 3 is 2.40 bits per heavy atom. The van der Waals surface area contributed by atoms with Gasteiger partial charge >= 0.3 is 0 Å². The summed E-state index contributed by atoms with van der Waals surface area (Å²) < 4.78 is 13.0. The number of rotatable bonds is 4. The normalized spacial score (nSPS) is 14.5. The third-order valence-electron chi connectivity index (χ3n) is 4.21. The van der Waals surface area contributed by atoms with Crippen LogP contribution in [0.25, 0.3) is 0 Å². The molecule has 132 valence electrons. The van der Waals surface area contributed by atoms with E-state index in [1.165, 1.54) is 12.1 Å². The maximum absolute atomic E-state index is 13.0. The van der Waals surface area contributed by atoms with Crippen LogP contribution in [0.15, 0.2) is 42.5 Å². The zero-order valence-electron chi connectivity index (χ0n) is 13.5. The second kappa shape index (κ2) is 7.93. The van der Waals surface area contributed by atoms with Gasteiger partial charge in [0.05, 0.1) is 22.3 Å². The van der Waals surface area contributed by atoms with Crippen LogP contribution in [0.4, 0.5) is 15.8 Å². The SMILES string of the molecule is O=C(CNc1cccc(Cl)c1Cl)N1CCN(c2ccc(F)cc2)CC1. The summed E-state index contributed by atoms with van der Waals surface area (Å²) in [4.78, 5) is 16.3. The summed E-state index contributed by atoms with van der Waals surface area (Å²) in [6.45, 7) is 2.85. The number of hydrogen-bond acceptors (Lipinski definition) is 3. The Morgan fingerprint density at radius 1 is 1.04 bits per heavy atom. The number of carbonyl (C=O) groups excluding carboxylic acids is 1. The first-order valence-corrected chi connectivity index (χ1v) is 8.76. The summed E-state index contributed by atoms with van der Waals surface area (Å²) in [6.07, 6.45) is 0. The summed E-state index contributed by atoms with van der Waals surface area (Å²) in [6, 6.07) is 11.7. The van der Waals surface area contributed by atoms with Crippen LogP contribution in [0, 0.1) is 5.82 Å². The van der Waals surface area contributed by atoms with E-state index in [1.54, 1.807) is 30.3 Å². The van der Waals surface area contributed by atoms with Gasteiger partial charge in [0.2, 0.25) is 5.91 Å². The number of carbonyl (C=O) groups is 1. The number of amides is 1. The summed E-state index contributed by atoms with van der Waals surface area (Å²) in [5.41, 5.74) is 1.62. The molecule has 1 fully saturated rings. The number of halogens is 3. The van der Waals surface area contributed by atoms with E-state index < -0.39 is 0 Å². The van der Waals surface area contributed by atoms with Crippen molar-refractivity contribution in [1.29, 1.82) is 0 Å². The minimum absolute atomic E-state index is 0.00907. The summed E-state index contributed by atoms with van der Waals surface area (Å²) >= 11 is 12.1. The van der Waals surface area contributed by atoms with Crippen LogP contribution in [0.5, 0.6) is 0 Å². The lowest BCUT2D eigenvalue weighted by atomic mass is 10.2. The predicted octanol–water partition coefficient (Wildman–Crippen LogP) is 3.89. The van der Waals surface area contributed by atoms with Crippen LogP contribution >= 0.6 is 23.2 Å². The molecule has 1 saturated heterocycles. The molecule has 2 aromatic carbocycles. The minimum Gasteiger partial charge on any atom is -0.375 e. The predicted molar refractivity (Wildman–Crippen MR) is 100 cm³/mol. The molecule has 0 atom stereocenters. The van der Waals surface area contributed by atoms with Crippen molar-refractivity contribution >= 4 is 40.5 Å². The monoisotopic (exact) mass is 381 g/mol. The van der Waals surface area contributed by atoms with Crippen molar-refractivity contribution in [3.05, 3.63) is 58.3 Å². The number of piperazine rings is 1. The molecule has 0 spiro atoms. The Balaban J connectivity index is 1.51. The second-order valence-corrected chi connectivity index (χ2v) is 6.58. The van der Waals surface area contributed by atoms with Gasteiger partial charge in [0.1, 0.15) is 5.82 Å². The first-order valence-electron chi connectivity index (χ1n) is 8.01. The van der Waals surface area contributed by atoms with Gasteiger partial charge < -0.3 is 15.1 Å². The van der Waals surface area contributed by atoms with Crippen molar-refractivity contribution in [3.63, 3.8) is 0 Å². The van der Waals surface area contributed by atoms with Crippen molar-refractivity contribution < 1.29 is 9.18 Å². The molecule has 0 aliphatic carbocycles. The molecule has 0 aromatic heterocycles. The number of nitrogens with zero attached hydrogens (tertiary/aromatic N) is 2. The van der Waals surface area contributed by atoms with Crippen LogP contribution in [0.3, 0.4) is 0 Å². The Kier molecular flexibility index (Phi) is 5.66. The zero-order chi connectivity index (χ0) is 17.8. The van der Waals surface area contributed by atoms with Crippen LogP contribution in [-0.4, -0.2) is 43.5 Å². The summed E-state index contributed by atoms with van der Waals surface area (Å²) in [5.74, 6) is -0.238. The highest BCUT2D eigenvalue weighted by Crippen LogP contribution is 2.29. The third-order valence-corrected chi connectivity index (χ3v) is 5.02. The molecule has 1 aliphatic heterocycles. The molecule has 1 heterocycles. The van der Waals surface area contributed by atoms with Gasteiger partial charge in [-0.05, 0) is 36.4 Å². The average Bonchev–Trinajstić information content (AvgIpc) is 2.63. The van der Waals surface area contributed by atoms with Crippen LogP contribution < -0.4 is 10.2 Å². The number of hydrogen-bond donors (Lipinski definition) is 1. The van der Waals surface area contributed by atoms with Gasteiger partial charge in [-0.1, -0.05) is 29.3 Å². The van der Waals surface area contributed by atoms with Crippen LogP contribution in [0.1, 0.15) is 0 Å². The second-order valence-electron chi connectivity index (χ2n) is 5.80. The molecule has 7 heteroatoms. The highest BCUT2D eigenvalue weighted by Gasteiger charge is 2.21. The standard InChI is InChI=1S/C18H18Cl2FN3O/c19-15-2-1-3-16(18(15)20)22-12-17(25)24-10-8-23(9-11-24)14-6-4-13(21)5-7-14/h1-7,22H,8-12H2. The van der Waals surface area contributed by atoms with Crippen LogP contribution in [0.2, 0.25) is 10.0 Å². The third kappa shape index (κ3) is 4.35. The van der Waals surface area contributed by atoms with Crippen molar-refractivity contribution in [2.45, 2.75) is 0 Å². The van der Waals surface area contributed by atoms with E-state index in [0.29, 0.717) is 28.8 Å². The van der Waals surface area contributed by atoms with Gasteiger partial charge in [-0.3, -0.25) is 4.79 Å². The number of benzene rings is 2. The topological polar surface area (TPSA) is 35.6 Å². The molecular weight excluding hydrogens is 364 g/mol. The van der Waals surface area contributed by atoms with Crippen molar-refractivity contribution in [2.24, 2.45) is 0 Å². The van der Waals surface area contributed by atoms with Crippen molar-refractivity contribution in [2.75, 3.05) is 42.9 Å². The maximum atomic E-state index is 13.0. The van der Waals surface area contributed by atoms with Gasteiger partial charge in [0, 0.05) is 31.9 Å². The molecule has 0 radical (unpaired) electrons. The smallest absolute Gasteiger partial charge is 0.241 e. The quantitative estimate of drug-likeness (QED) is 0.872. The van der Waals surface area contributed by atoms with Gasteiger partial charge in [-0.25, -0.2) is 4.39 Å². The van der Waals surface area contributed by atoms with E-state index in [9.17, 15) is 9.18 Å². The molecule has 2 aromatic rings. The molecule has 25 heavy (non-hydrogen) atoms. The lowest BCUT2D eigenvalue weighted by molar-refractivity contribution is -0.129. The van der Waals surface area contributed by atoms with E-state index in [1.807, 2.05) is 4.90 Å². The fourth-order valence-electron chi connectivity index (χ4n) is 2.79. The number of nitrogens with one attached hydrogen (secondary N) is 1. The molecule has 0 saturated carbocycles. The summed E-state index contributed by atoms with van der Waals surface area (Å²) in [5, 5.41) is 3.90. The average molecular weight is 382 g/mol. The van der Waals surface area contributed by atoms with E-state index in [-0.39, 0.29) is 18.3 Å². The maximum Gasteiger partial charge on any atom is 0.241 e. The first kappa shape index (κ1) is 17.8.